The molecule has 0 unspecified atom stereocenters. The topological polar surface area (TPSA) is 74.4 Å². The van der Waals surface area contributed by atoms with Gasteiger partial charge in [0.15, 0.2) is 0 Å². The Morgan fingerprint density at radius 1 is 1.15 bits per heavy atom. The van der Waals surface area contributed by atoms with Crippen LogP contribution in [-0.2, 0) is 23.9 Å². The molecule has 0 fully saturated rings. The zero-order chi connectivity index (χ0) is 23.3. The van der Waals surface area contributed by atoms with Crippen molar-refractivity contribution in [1.82, 2.24) is 24.0 Å². The predicted octanol–water partition coefficient (Wildman–Crippen LogP) is 3.16. The SMILES string of the molecule is CN(C)CCOCc1ccc(-c2ccc3ncc4c5c3c2OCC(C)(C)n5c(=O)n4C)cn1. The number of nitrogens with zero attached hydrogens (tertiary/aromatic N) is 5. The van der Waals surface area contributed by atoms with E-state index in [9.17, 15) is 4.79 Å². The van der Waals surface area contributed by atoms with Gasteiger partial charge in [-0.3, -0.25) is 19.1 Å². The Morgan fingerprint density at radius 2 is 1.97 bits per heavy atom. The van der Waals surface area contributed by atoms with Crippen molar-refractivity contribution in [2.75, 3.05) is 33.9 Å². The number of benzene rings is 1. The maximum Gasteiger partial charge on any atom is 0.329 e. The standard InChI is InChI=1S/C25H29N5O3/c1-25(2)15-33-23-18(16-6-7-17(26-12-16)14-32-11-10-28(3)4)8-9-19-21(23)22-20(13-27-19)29(5)24(31)30(22)25/h6-9,12-13H,10-11,14-15H2,1-5H3. The number of ether oxygens (including phenoxy) is 2. The summed E-state index contributed by atoms with van der Waals surface area (Å²) in [6, 6.07) is 8.03. The van der Waals surface area contributed by atoms with Crippen LogP contribution in [0.4, 0.5) is 0 Å². The third kappa shape index (κ3) is 3.59. The van der Waals surface area contributed by atoms with Gasteiger partial charge in [0.05, 0.1) is 52.6 Å². The zero-order valence-electron chi connectivity index (χ0n) is 19.8. The molecule has 33 heavy (non-hydrogen) atoms. The highest BCUT2D eigenvalue weighted by molar-refractivity contribution is 6.09. The van der Waals surface area contributed by atoms with E-state index in [0.717, 1.165) is 51.1 Å². The van der Waals surface area contributed by atoms with Crippen molar-refractivity contribution in [1.29, 1.82) is 0 Å². The van der Waals surface area contributed by atoms with Gasteiger partial charge in [-0.1, -0.05) is 6.07 Å². The zero-order valence-corrected chi connectivity index (χ0v) is 19.8. The molecule has 0 aliphatic carbocycles. The van der Waals surface area contributed by atoms with Crippen LogP contribution in [0.5, 0.6) is 5.75 Å². The summed E-state index contributed by atoms with van der Waals surface area (Å²) in [7, 11) is 5.84. The Bertz CT molecular complexity index is 1400. The summed E-state index contributed by atoms with van der Waals surface area (Å²) in [4.78, 5) is 24.4. The molecule has 0 N–H and O–H groups in total. The highest BCUT2D eigenvalue weighted by Crippen LogP contribution is 2.42. The van der Waals surface area contributed by atoms with Crippen molar-refractivity contribution in [2.24, 2.45) is 7.05 Å². The summed E-state index contributed by atoms with van der Waals surface area (Å²) in [5, 5.41) is 0.865. The first-order chi connectivity index (χ1) is 15.8. The number of aryl methyl sites for hydroxylation is 1. The highest BCUT2D eigenvalue weighted by Gasteiger charge is 2.33. The maximum absolute atomic E-state index is 13.1. The van der Waals surface area contributed by atoms with Crippen LogP contribution in [-0.4, -0.2) is 57.9 Å². The molecule has 0 atom stereocenters. The monoisotopic (exact) mass is 447 g/mol. The fourth-order valence-corrected chi connectivity index (χ4v) is 4.39. The third-order valence-corrected chi connectivity index (χ3v) is 6.25. The minimum absolute atomic E-state index is 0.0635. The van der Waals surface area contributed by atoms with Crippen molar-refractivity contribution < 1.29 is 9.47 Å². The van der Waals surface area contributed by atoms with Crippen molar-refractivity contribution in [3.8, 4) is 16.9 Å². The van der Waals surface area contributed by atoms with Gasteiger partial charge in [-0.05, 0) is 46.1 Å². The highest BCUT2D eigenvalue weighted by atomic mass is 16.5. The minimum atomic E-state index is -0.507. The molecule has 3 aromatic heterocycles. The molecule has 0 amide bonds. The lowest BCUT2D eigenvalue weighted by Crippen LogP contribution is -2.40. The molecule has 4 aromatic rings. The molecule has 8 nitrogen and oxygen atoms in total. The van der Waals surface area contributed by atoms with Gasteiger partial charge in [-0.2, -0.15) is 0 Å². The minimum Gasteiger partial charge on any atom is -0.490 e. The van der Waals surface area contributed by atoms with E-state index >= 15 is 0 Å². The molecule has 4 heterocycles. The second-order valence-electron chi connectivity index (χ2n) is 9.50. The van der Waals surface area contributed by atoms with Gasteiger partial charge in [0, 0.05) is 30.9 Å². The lowest BCUT2D eigenvalue weighted by atomic mass is 10.0. The van der Waals surface area contributed by atoms with Crippen molar-refractivity contribution in [2.45, 2.75) is 26.0 Å². The maximum atomic E-state index is 13.1. The molecule has 0 spiro atoms. The molecule has 1 aliphatic heterocycles. The lowest BCUT2D eigenvalue weighted by molar-refractivity contribution is 0.103. The molecule has 1 aliphatic rings. The number of hydrogen-bond donors (Lipinski definition) is 0. The average molecular weight is 448 g/mol. The van der Waals surface area contributed by atoms with E-state index in [4.69, 9.17) is 9.47 Å². The van der Waals surface area contributed by atoms with Gasteiger partial charge >= 0.3 is 5.69 Å². The first kappa shape index (κ1) is 21.6. The van der Waals surface area contributed by atoms with Crippen LogP contribution in [0.15, 0.2) is 41.5 Å². The number of likely N-dealkylation sites (N-methyl/N-ethyl adjacent to an activating group) is 1. The van der Waals surface area contributed by atoms with Crippen LogP contribution in [0.25, 0.3) is 33.1 Å². The van der Waals surface area contributed by atoms with Crippen molar-refractivity contribution in [3.63, 3.8) is 0 Å². The summed E-state index contributed by atoms with van der Waals surface area (Å²) in [5.74, 6) is 0.743. The molecule has 5 rings (SSSR count). The molecule has 0 bridgehead atoms. The molecule has 172 valence electrons. The Labute approximate surface area is 192 Å². The van der Waals surface area contributed by atoms with E-state index in [1.807, 2.05) is 63.0 Å². The number of aromatic nitrogens is 4. The lowest BCUT2D eigenvalue weighted by Gasteiger charge is -2.24. The van der Waals surface area contributed by atoms with Gasteiger partial charge in [-0.25, -0.2) is 4.79 Å². The van der Waals surface area contributed by atoms with Gasteiger partial charge < -0.3 is 14.4 Å². The first-order valence-corrected chi connectivity index (χ1v) is 11.1. The number of pyridine rings is 2. The first-order valence-electron chi connectivity index (χ1n) is 11.1. The molecule has 8 heteroatoms. The van der Waals surface area contributed by atoms with Gasteiger partial charge in [0.2, 0.25) is 0 Å². The molecule has 0 radical (unpaired) electrons. The van der Waals surface area contributed by atoms with Crippen LogP contribution in [0.2, 0.25) is 0 Å². The summed E-state index contributed by atoms with van der Waals surface area (Å²) >= 11 is 0. The number of hydrogen-bond acceptors (Lipinski definition) is 6. The van der Waals surface area contributed by atoms with Crippen LogP contribution in [0.1, 0.15) is 19.5 Å². The van der Waals surface area contributed by atoms with Crippen molar-refractivity contribution >= 4 is 21.9 Å². The van der Waals surface area contributed by atoms with E-state index in [0.29, 0.717) is 19.8 Å². The summed E-state index contributed by atoms with van der Waals surface area (Å²) in [6.07, 6.45) is 3.63. The quantitative estimate of drug-likeness (QED) is 0.423. The molecule has 1 aromatic carbocycles. The largest absolute Gasteiger partial charge is 0.490 e. The molecular formula is C25H29N5O3. The normalized spacial score (nSPS) is 14.8. The van der Waals surface area contributed by atoms with Gasteiger partial charge in [0.1, 0.15) is 12.4 Å². The third-order valence-electron chi connectivity index (χ3n) is 6.25. The Morgan fingerprint density at radius 3 is 2.70 bits per heavy atom. The van der Waals surface area contributed by atoms with E-state index in [2.05, 4.69) is 14.9 Å². The van der Waals surface area contributed by atoms with E-state index in [1.165, 1.54) is 0 Å². The molecule has 0 saturated carbocycles. The Hall–Kier alpha value is -3.23. The van der Waals surface area contributed by atoms with Crippen LogP contribution >= 0.6 is 0 Å². The summed E-state index contributed by atoms with van der Waals surface area (Å²) in [5.41, 5.74) is 4.66. The molecular weight excluding hydrogens is 418 g/mol. The molecule has 0 saturated heterocycles. The van der Waals surface area contributed by atoms with E-state index in [-0.39, 0.29) is 5.69 Å². The summed E-state index contributed by atoms with van der Waals surface area (Å²) < 4.78 is 15.6. The van der Waals surface area contributed by atoms with Crippen LogP contribution in [0, 0.1) is 0 Å². The smallest absolute Gasteiger partial charge is 0.329 e. The Balaban J connectivity index is 1.60. The van der Waals surface area contributed by atoms with Crippen LogP contribution in [0.3, 0.4) is 0 Å². The second kappa shape index (κ2) is 7.97. The Kier molecular flexibility index (Phi) is 5.22. The predicted molar refractivity (Wildman–Crippen MR) is 129 cm³/mol. The summed E-state index contributed by atoms with van der Waals surface area (Å²) in [6.45, 7) is 6.44. The van der Waals surface area contributed by atoms with E-state index in [1.54, 1.807) is 17.8 Å². The fourth-order valence-electron chi connectivity index (χ4n) is 4.39. The average Bonchev–Trinajstić information content (AvgIpc) is 2.98. The van der Waals surface area contributed by atoms with Gasteiger partial charge in [0.25, 0.3) is 0 Å². The fraction of sp³-hybridized carbons (Fsp3) is 0.400. The van der Waals surface area contributed by atoms with Gasteiger partial charge in [-0.15, -0.1) is 0 Å². The second-order valence-corrected chi connectivity index (χ2v) is 9.50. The number of imidazole rings is 1. The van der Waals surface area contributed by atoms with Crippen molar-refractivity contribution in [3.05, 3.63) is 52.8 Å². The van der Waals surface area contributed by atoms with Crippen LogP contribution < -0.4 is 10.4 Å². The number of rotatable bonds is 6. The van der Waals surface area contributed by atoms with E-state index < -0.39 is 5.54 Å².